The van der Waals surface area contributed by atoms with E-state index >= 15 is 0 Å². The van der Waals surface area contributed by atoms with Crippen molar-refractivity contribution in [1.29, 1.82) is 0 Å². The zero-order valence-electron chi connectivity index (χ0n) is 7.05. The maximum atomic E-state index is 11.7. The Morgan fingerprint density at radius 3 is 2.77 bits per heavy atom. The van der Waals surface area contributed by atoms with E-state index < -0.39 is 6.43 Å². The maximum absolute atomic E-state index is 11.7. The topological polar surface area (TPSA) is 9.23 Å². The van der Waals surface area contributed by atoms with Gasteiger partial charge >= 0.3 is 0 Å². The van der Waals surface area contributed by atoms with Crippen molar-refractivity contribution >= 4 is 0 Å². The van der Waals surface area contributed by atoms with Crippen LogP contribution in [-0.2, 0) is 0 Å². The molecule has 13 heavy (non-hydrogen) atoms. The minimum absolute atomic E-state index is 0.527. The van der Waals surface area contributed by atoms with Gasteiger partial charge < -0.3 is 4.74 Å². The quantitative estimate of drug-likeness (QED) is 0.605. The van der Waals surface area contributed by atoms with Crippen molar-refractivity contribution in [1.82, 2.24) is 0 Å². The summed E-state index contributed by atoms with van der Waals surface area (Å²) in [6, 6.07) is 6.69. The molecule has 0 saturated carbocycles. The number of ether oxygens (including phenoxy) is 1. The average molecular weight is 182 g/mol. The summed E-state index contributed by atoms with van der Waals surface area (Å²) in [5, 5.41) is 0. The van der Waals surface area contributed by atoms with Gasteiger partial charge in [-0.2, -0.15) is 8.78 Å². The lowest BCUT2D eigenvalue weighted by molar-refractivity contribution is 0.215. The molecule has 0 amide bonds. The van der Waals surface area contributed by atoms with Crippen LogP contribution < -0.4 is 4.74 Å². The molecule has 1 aromatic rings. The van der Waals surface area contributed by atoms with Crippen molar-refractivity contribution in [3.63, 3.8) is 0 Å². The van der Waals surface area contributed by atoms with Crippen molar-refractivity contribution in [2.75, 3.05) is 7.11 Å². The first-order chi connectivity index (χ1) is 6.22. The second kappa shape index (κ2) is 4.46. The first-order valence-corrected chi connectivity index (χ1v) is 3.66. The van der Waals surface area contributed by atoms with E-state index in [0.717, 1.165) is 0 Å². The van der Waals surface area contributed by atoms with Crippen LogP contribution in [0.2, 0.25) is 0 Å². The highest BCUT2D eigenvalue weighted by atomic mass is 19.3. The van der Waals surface area contributed by atoms with Gasteiger partial charge in [0.15, 0.2) is 0 Å². The average Bonchev–Trinajstić information content (AvgIpc) is 2.15. The molecule has 1 aromatic carbocycles. The van der Waals surface area contributed by atoms with Crippen LogP contribution in [0.3, 0.4) is 0 Å². The van der Waals surface area contributed by atoms with E-state index in [1.807, 2.05) is 0 Å². The van der Waals surface area contributed by atoms with Crippen LogP contribution in [0, 0.1) is 11.8 Å². The Kier molecular flexibility index (Phi) is 3.27. The summed E-state index contributed by atoms with van der Waals surface area (Å²) in [7, 11) is 1.51. The fraction of sp³-hybridized carbons (Fsp3) is 0.200. The molecule has 0 aliphatic heterocycles. The number of rotatable bonds is 1. The summed E-state index contributed by atoms with van der Waals surface area (Å²) >= 11 is 0. The van der Waals surface area contributed by atoms with E-state index in [2.05, 4.69) is 5.92 Å². The highest BCUT2D eigenvalue weighted by molar-refractivity contribution is 5.39. The fourth-order valence-electron chi connectivity index (χ4n) is 0.839. The molecule has 1 rings (SSSR count). The number of methoxy groups -OCH3 is 1. The molecule has 3 heteroatoms. The second-order valence-corrected chi connectivity index (χ2v) is 2.30. The number of alkyl halides is 2. The number of benzene rings is 1. The molecule has 0 radical (unpaired) electrons. The molecule has 0 bridgehead atoms. The fourth-order valence-corrected chi connectivity index (χ4v) is 0.839. The molecule has 1 nitrogen and oxygen atoms in total. The normalized spacial score (nSPS) is 9.23. The van der Waals surface area contributed by atoms with Crippen LogP contribution in [0.5, 0.6) is 5.75 Å². The predicted molar refractivity (Wildman–Crippen MR) is 45.9 cm³/mol. The summed E-state index contributed by atoms with van der Waals surface area (Å²) in [5.74, 6) is 4.73. The van der Waals surface area contributed by atoms with Gasteiger partial charge in [-0.1, -0.05) is 12.0 Å². The molecule has 0 fully saturated rings. The van der Waals surface area contributed by atoms with Gasteiger partial charge in [0.25, 0.3) is 6.43 Å². The third kappa shape index (κ3) is 3.12. The first kappa shape index (κ1) is 9.53. The van der Waals surface area contributed by atoms with Crippen LogP contribution in [-0.4, -0.2) is 13.5 Å². The lowest BCUT2D eigenvalue weighted by Gasteiger charge is -1.97. The van der Waals surface area contributed by atoms with E-state index in [1.165, 1.54) is 7.11 Å². The summed E-state index contributed by atoms with van der Waals surface area (Å²) in [4.78, 5) is 0. The molecular formula is C10H8F2O. The van der Waals surface area contributed by atoms with Crippen LogP contribution >= 0.6 is 0 Å². The van der Waals surface area contributed by atoms with Crippen molar-refractivity contribution in [2.24, 2.45) is 0 Å². The summed E-state index contributed by atoms with van der Waals surface area (Å²) in [6.07, 6.45) is -2.59. The van der Waals surface area contributed by atoms with E-state index in [4.69, 9.17) is 4.74 Å². The molecule has 0 spiro atoms. The molecule has 0 aliphatic rings. The smallest absolute Gasteiger partial charge is 0.299 e. The van der Waals surface area contributed by atoms with Crippen molar-refractivity contribution in [3.8, 4) is 17.6 Å². The van der Waals surface area contributed by atoms with Gasteiger partial charge in [-0.25, -0.2) is 0 Å². The Balaban J connectivity index is 2.85. The monoisotopic (exact) mass is 182 g/mol. The Hall–Kier alpha value is -1.56. The van der Waals surface area contributed by atoms with E-state index in [0.29, 0.717) is 11.3 Å². The summed E-state index contributed by atoms with van der Waals surface area (Å²) in [6.45, 7) is 0. The second-order valence-electron chi connectivity index (χ2n) is 2.30. The minimum Gasteiger partial charge on any atom is -0.497 e. The van der Waals surface area contributed by atoms with Crippen LogP contribution in [0.1, 0.15) is 5.56 Å². The zero-order chi connectivity index (χ0) is 9.68. The van der Waals surface area contributed by atoms with Gasteiger partial charge in [0.05, 0.1) is 7.11 Å². The molecule has 0 heterocycles. The predicted octanol–water partition coefficient (Wildman–Crippen LogP) is 2.31. The van der Waals surface area contributed by atoms with Crippen molar-refractivity contribution < 1.29 is 13.5 Å². The van der Waals surface area contributed by atoms with Crippen molar-refractivity contribution in [2.45, 2.75) is 6.43 Å². The van der Waals surface area contributed by atoms with Gasteiger partial charge in [0.1, 0.15) is 5.75 Å². The van der Waals surface area contributed by atoms with Gasteiger partial charge in [0.2, 0.25) is 0 Å². The Morgan fingerprint density at radius 1 is 1.38 bits per heavy atom. The highest BCUT2D eigenvalue weighted by Crippen LogP contribution is 2.11. The minimum atomic E-state index is -2.59. The third-order valence-electron chi connectivity index (χ3n) is 1.40. The standard InChI is InChI=1S/C10H8F2O/c1-13-9-4-2-3-8(7-9)5-6-10(11)12/h2-4,7,10H,1H3. The summed E-state index contributed by atoms with van der Waals surface area (Å²) in [5.41, 5.74) is 0.527. The zero-order valence-corrected chi connectivity index (χ0v) is 7.05. The summed E-state index contributed by atoms with van der Waals surface area (Å²) < 4.78 is 28.3. The van der Waals surface area contributed by atoms with E-state index in [1.54, 1.807) is 30.2 Å². The lowest BCUT2D eigenvalue weighted by atomic mass is 10.2. The van der Waals surface area contributed by atoms with Crippen LogP contribution in [0.15, 0.2) is 24.3 Å². The van der Waals surface area contributed by atoms with Crippen LogP contribution in [0.25, 0.3) is 0 Å². The van der Waals surface area contributed by atoms with E-state index in [-0.39, 0.29) is 0 Å². The van der Waals surface area contributed by atoms with Crippen molar-refractivity contribution in [3.05, 3.63) is 29.8 Å². The Labute approximate surface area is 75.3 Å². The van der Waals surface area contributed by atoms with Gasteiger partial charge in [0, 0.05) is 5.56 Å². The molecular weight excluding hydrogens is 174 g/mol. The van der Waals surface area contributed by atoms with Gasteiger partial charge in [-0.05, 0) is 24.1 Å². The molecule has 0 atom stereocenters. The number of hydrogen-bond donors (Lipinski definition) is 0. The Bertz CT molecular complexity index is 336. The molecule has 0 aromatic heterocycles. The van der Waals surface area contributed by atoms with Gasteiger partial charge in [-0.3, -0.25) is 0 Å². The third-order valence-corrected chi connectivity index (χ3v) is 1.40. The van der Waals surface area contributed by atoms with Crippen LogP contribution in [0.4, 0.5) is 8.78 Å². The van der Waals surface area contributed by atoms with Gasteiger partial charge in [-0.15, -0.1) is 0 Å². The molecule has 68 valence electrons. The first-order valence-electron chi connectivity index (χ1n) is 3.66. The van der Waals surface area contributed by atoms with E-state index in [9.17, 15) is 8.78 Å². The molecule has 0 saturated heterocycles. The number of halogens is 2. The SMILES string of the molecule is COc1cccc(C#CC(F)F)c1. The molecule has 0 unspecified atom stereocenters. The molecule has 0 aliphatic carbocycles. The largest absolute Gasteiger partial charge is 0.497 e. The number of hydrogen-bond acceptors (Lipinski definition) is 1. The lowest BCUT2D eigenvalue weighted by Crippen LogP contribution is -1.84. The maximum Gasteiger partial charge on any atom is 0.299 e. The molecule has 0 N–H and O–H groups in total. The highest BCUT2D eigenvalue weighted by Gasteiger charge is 1.94. The Morgan fingerprint density at radius 2 is 2.15 bits per heavy atom.